The third-order valence-electron chi connectivity index (χ3n) is 4.19. The molecule has 0 aliphatic carbocycles. The highest BCUT2D eigenvalue weighted by Gasteiger charge is 2.17. The first kappa shape index (κ1) is 15.0. The lowest BCUT2D eigenvalue weighted by Crippen LogP contribution is -2.43. The lowest BCUT2D eigenvalue weighted by molar-refractivity contribution is 0.168. The van der Waals surface area contributed by atoms with Gasteiger partial charge in [-0.2, -0.15) is 0 Å². The second-order valence-electron chi connectivity index (χ2n) is 5.73. The topological polar surface area (TPSA) is 15.3 Å². The number of likely N-dealkylation sites (tertiary alicyclic amines) is 1. The second kappa shape index (κ2) is 7.41. The third-order valence-corrected chi connectivity index (χ3v) is 5.60. The molecule has 1 aromatic rings. The molecule has 1 aliphatic rings. The van der Waals surface area contributed by atoms with Crippen LogP contribution in [0.25, 0.3) is 0 Å². The van der Waals surface area contributed by atoms with Gasteiger partial charge in [-0.05, 0) is 58.3 Å². The molecule has 19 heavy (non-hydrogen) atoms. The van der Waals surface area contributed by atoms with Gasteiger partial charge >= 0.3 is 0 Å². The van der Waals surface area contributed by atoms with E-state index in [2.05, 4.69) is 43.1 Å². The van der Waals surface area contributed by atoms with Crippen LogP contribution in [-0.2, 0) is 6.42 Å². The molecule has 1 aliphatic heterocycles. The number of piperidine rings is 1. The minimum atomic E-state index is 0.484. The molecule has 2 unspecified atom stereocenters. The molecule has 1 saturated heterocycles. The Labute approximate surface area is 122 Å². The van der Waals surface area contributed by atoms with Gasteiger partial charge in [0.1, 0.15) is 0 Å². The average Bonchev–Trinajstić information content (AvgIpc) is 2.94. The van der Waals surface area contributed by atoms with Crippen LogP contribution < -0.4 is 5.32 Å². The number of thiophene rings is 1. The van der Waals surface area contributed by atoms with E-state index in [1.807, 2.05) is 11.3 Å². The van der Waals surface area contributed by atoms with Crippen LogP contribution in [0, 0.1) is 0 Å². The van der Waals surface area contributed by atoms with E-state index < -0.39 is 0 Å². The van der Waals surface area contributed by atoms with Crippen molar-refractivity contribution in [3.05, 3.63) is 21.9 Å². The van der Waals surface area contributed by atoms with Crippen LogP contribution in [0.5, 0.6) is 0 Å². The highest BCUT2D eigenvalue weighted by Crippen LogP contribution is 2.23. The molecule has 0 amide bonds. The summed E-state index contributed by atoms with van der Waals surface area (Å²) in [7, 11) is 0. The van der Waals surface area contributed by atoms with E-state index >= 15 is 0 Å². The van der Waals surface area contributed by atoms with Crippen molar-refractivity contribution in [2.75, 3.05) is 19.6 Å². The van der Waals surface area contributed by atoms with Gasteiger partial charge < -0.3 is 5.32 Å². The fraction of sp³-hybridized carbons (Fsp3) is 0.750. The quantitative estimate of drug-likeness (QED) is 0.852. The normalized spacial score (nSPS) is 20.4. The molecule has 1 N–H and O–H groups in total. The summed E-state index contributed by atoms with van der Waals surface area (Å²) in [6.45, 7) is 10.5. The van der Waals surface area contributed by atoms with E-state index in [9.17, 15) is 0 Å². The fourth-order valence-corrected chi connectivity index (χ4v) is 3.73. The van der Waals surface area contributed by atoms with Crippen molar-refractivity contribution in [1.29, 1.82) is 0 Å². The number of hydrogen-bond donors (Lipinski definition) is 1. The van der Waals surface area contributed by atoms with Gasteiger partial charge in [0.2, 0.25) is 0 Å². The maximum Gasteiger partial charge on any atom is 0.0386 e. The van der Waals surface area contributed by atoms with Crippen LogP contribution in [0.2, 0.25) is 0 Å². The van der Waals surface area contributed by atoms with Gasteiger partial charge in [-0.3, -0.25) is 4.90 Å². The van der Waals surface area contributed by atoms with Crippen molar-refractivity contribution in [2.45, 2.75) is 58.5 Å². The lowest BCUT2D eigenvalue weighted by atomic mass is 10.1. The SMILES string of the molecule is CCc1ccc(C(C)NCC(C)N2CCCCC2)s1. The number of hydrogen-bond acceptors (Lipinski definition) is 3. The van der Waals surface area contributed by atoms with Gasteiger partial charge in [0, 0.05) is 28.4 Å². The van der Waals surface area contributed by atoms with Gasteiger partial charge in [-0.25, -0.2) is 0 Å². The summed E-state index contributed by atoms with van der Waals surface area (Å²) in [5.41, 5.74) is 0. The molecule has 0 spiro atoms. The van der Waals surface area contributed by atoms with Crippen molar-refractivity contribution in [1.82, 2.24) is 10.2 Å². The predicted molar refractivity (Wildman–Crippen MR) is 85.0 cm³/mol. The zero-order valence-electron chi connectivity index (χ0n) is 12.6. The van der Waals surface area contributed by atoms with Gasteiger partial charge in [-0.1, -0.05) is 13.3 Å². The predicted octanol–water partition coefficient (Wildman–Crippen LogP) is 3.84. The molecule has 1 fully saturated rings. The van der Waals surface area contributed by atoms with Gasteiger partial charge in [0.25, 0.3) is 0 Å². The number of nitrogens with zero attached hydrogens (tertiary/aromatic N) is 1. The molecule has 0 saturated carbocycles. The Morgan fingerprint density at radius 2 is 1.95 bits per heavy atom. The Balaban J connectivity index is 1.77. The lowest BCUT2D eigenvalue weighted by Gasteiger charge is -2.33. The molecule has 2 atom stereocenters. The van der Waals surface area contributed by atoms with E-state index in [4.69, 9.17) is 0 Å². The van der Waals surface area contributed by atoms with Crippen molar-refractivity contribution in [3.63, 3.8) is 0 Å². The van der Waals surface area contributed by atoms with Crippen LogP contribution in [0.4, 0.5) is 0 Å². The largest absolute Gasteiger partial charge is 0.308 e. The Morgan fingerprint density at radius 1 is 1.21 bits per heavy atom. The maximum atomic E-state index is 3.70. The van der Waals surface area contributed by atoms with E-state index in [0.717, 1.165) is 13.0 Å². The highest BCUT2D eigenvalue weighted by molar-refractivity contribution is 7.12. The summed E-state index contributed by atoms with van der Waals surface area (Å²) in [6.07, 6.45) is 5.33. The van der Waals surface area contributed by atoms with Crippen LogP contribution in [0.15, 0.2) is 12.1 Å². The molecule has 0 aromatic carbocycles. The summed E-state index contributed by atoms with van der Waals surface area (Å²) in [5, 5.41) is 3.70. The molecule has 0 bridgehead atoms. The van der Waals surface area contributed by atoms with Crippen molar-refractivity contribution >= 4 is 11.3 Å². The zero-order chi connectivity index (χ0) is 13.7. The van der Waals surface area contributed by atoms with Gasteiger partial charge in [0.15, 0.2) is 0 Å². The van der Waals surface area contributed by atoms with Gasteiger partial charge in [0.05, 0.1) is 0 Å². The van der Waals surface area contributed by atoms with E-state index in [0.29, 0.717) is 12.1 Å². The summed E-state index contributed by atoms with van der Waals surface area (Å²) in [4.78, 5) is 5.60. The third kappa shape index (κ3) is 4.30. The summed E-state index contributed by atoms with van der Waals surface area (Å²) in [5.74, 6) is 0. The first-order valence-corrected chi connectivity index (χ1v) is 8.58. The molecule has 2 rings (SSSR count). The molecule has 108 valence electrons. The van der Waals surface area contributed by atoms with Crippen LogP contribution >= 0.6 is 11.3 Å². The molecular formula is C16H28N2S. The van der Waals surface area contributed by atoms with Crippen LogP contribution in [-0.4, -0.2) is 30.6 Å². The summed E-state index contributed by atoms with van der Waals surface area (Å²) >= 11 is 1.95. The monoisotopic (exact) mass is 280 g/mol. The van der Waals surface area contributed by atoms with Crippen molar-refractivity contribution in [2.24, 2.45) is 0 Å². The number of rotatable bonds is 6. The van der Waals surface area contributed by atoms with E-state index in [1.165, 1.54) is 42.1 Å². The second-order valence-corrected chi connectivity index (χ2v) is 6.93. The number of aryl methyl sites for hydroxylation is 1. The first-order chi connectivity index (χ1) is 9.20. The Kier molecular flexibility index (Phi) is 5.86. The Bertz CT molecular complexity index is 369. The minimum absolute atomic E-state index is 0.484. The maximum absolute atomic E-state index is 3.70. The molecule has 1 aromatic heterocycles. The van der Waals surface area contributed by atoms with E-state index in [-0.39, 0.29) is 0 Å². The first-order valence-electron chi connectivity index (χ1n) is 7.76. The smallest absolute Gasteiger partial charge is 0.0386 e. The van der Waals surface area contributed by atoms with Gasteiger partial charge in [-0.15, -0.1) is 11.3 Å². The summed E-state index contributed by atoms with van der Waals surface area (Å²) in [6, 6.07) is 5.70. The van der Waals surface area contributed by atoms with Crippen molar-refractivity contribution in [3.8, 4) is 0 Å². The zero-order valence-corrected chi connectivity index (χ0v) is 13.4. The average molecular weight is 280 g/mol. The molecule has 2 heterocycles. The molecular weight excluding hydrogens is 252 g/mol. The highest BCUT2D eigenvalue weighted by atomic mass is 32.1. The summed E-state index contributed by atoms with van der Waals surface area (Å²) < 4.78 is 0. The van der Waals surface area contributed by atoms with Crippen LogP contribution in [0.3, 0.4) is 0 Å². The van der Waals surface area contributed by atoms with E-state index in [1.54, 1.807) is 0 Å². The molecule has 0 radical (unpaired) electrons. The standard InChI is InChI=1S/C16H28N2S/c1-4-15-8-9-16(19-15)14(3)17-12-13(2)18-10-6-5-7-11-18/h8-9,13-14,17H,4-7,10-12H2,1-3H3. The number of nitrogens with one attached hydrogen (secondary N) is 1. The molecule has 3 heteroatoms. The van der Waals surface area contributed by atoms with Crippen LogP contribution in [0.1, 0.15) is 55.8 Å². The Morgan fingerprint density at radius 3 is 2.58 bits per heavy atom. The van der Waals surface area contributed by atoms with Crippen molar-refractivity contribution < 1.29 is 0 Å². The Hall–Kier alpha value is -0.380. The minimum Gasteiger partial charge on any atom is -0.308 e. The fourth-order valence-electron chi connectivity index (χ4n) is 2.75. The molecule has 2 nitrogen and oxygen atoms in total.